The summed E-state index contributed by atoms with van der Waals surface area (Å²) in [6.07, 6.45) is 6.63. The van der Waals surface area contributed by atoms with E-state index >= 15 is 0 Å². The van der Waals surface area contributed by atoms with Crippen LogP contribution < -0.4 is 0 Å². The number of likely N-dealkylation sites (tertiary alicyclic amines) is 2. The van der Waals surface area contributed by atoms with Gasteiger partial charge in [0.15, 0.2) is 0 Å². The van der Waals surface area contributed by atoms with Gasteiger partial charge in [-0.15, -0.1) is 0 Å². The van der Waals surface area contributed by atoms with E-state index in [1.54, 1.807) is 0 Å². The molecule has 0 amide bonds. The summed E-state index contributed by atoms with van der Waals surface area (Å²) in [7, 11) is 0. The number of benzene rings is 1. The van der Waals surface area contributed by atoms with Gasteiger partial charge in [0, 0.05) is 30.1 Å². The number of rotatable bonds is 5. The molecule has 2 fully saturated rings. The predicted molar refractivity (Wildman–Crippen MR) is 89.6 cm³/mol. The van der Waals surface area contributed by atoms with Gasteiger partial charge in [0.25, 0.3) is 0 Å². The number of piperidine rings is 2. The second kappa shape index (κ2) is 8.02. The fourth-order valence-corrected chi connectivity index (χ4v) is 3.72. The van der Waals surface area contributed by atoms with Crippen molar-refractivity contribution in [2.75, 3.05) is 26.2 Å². The summed E-state index contributed by atoms with van der Waals surface area (Å²) >= 11 is 0. The van der Waals surface area contributed by atoms with Crippen LogP contribution in [0, 0.1) is 11.7 Å². The van der Waals surface area contributed by atoms with Crippen molar-refractivity contribution in [1.29, 1.82) is 0 Å². The zero-order chi connectivity index (χ0) is 16.1. The molecule has 0 aliphatic carbocycles. The number of nitrogens with zero attached hydrogens (tertiary/aromatic N) is 2. The molecule has 1 aromatic rings. The Morgan fingerprint density at radius 2 is 1.52 bits per heavy atom. The Bertz CT molecular complexity index is 520. The summed E-state index contributed by atoms with van der Waals surface area (Å²) in [5, 5.41) is 0. The SMILES string of the molecule is O=CC1CCN(Cc2cccc(CN3CCCCC3)c2F)CC1. The smallest absolute Gasteiger partial charge is 0.132 e. The summed E-state index contributed by atoms with van der Waals surface area (Å²) in [5.41, 5.74) is 1.62. The average Bonchev–Trinajstić information content (AvgIpc) is 2.60. The molecular formula is C19H27FN2O. The number of halogens is 1. The van der Waals surface area contributed by atoms with E-state index in [1.807, 2.05) is 18.2 Å². The van der Waals surface area contributed by atoms with Crippen LogP contribution in [0.5, 0.6) is 0 Å². The van der Waals surface area contributed by atoms with Crippen LogP contribution in [0.1, 0.15) is 43.2 Å². The second-order valence-corrected chi connectivity index (χ2v) is 6.98. The van der Waals surface area contributed by atoms with Crippen LogP contribution in [-0.2, 0) is 17.9 Å². The molecule has 1 aromatic carbocycles. The Hall–Kier alpha value is -1.26. The highest BCUT2D eigenvalue weighted by Crippen LogP contribution is 2.21. The maximum absolute atomic E-state index is 14.8. The Balaban J connectivity index is 1.61. The molecule has 0 aromatic heterocycles. The molecule has 0 unspecified atom stereocenters. The van der Waals surface area contributed by atoms with Gasteiger partial charge in [-0.3, -0.25) is 9.80 Å². The maximum Gasteiger partial charge on any atom is 0.132 e. The summed E-state index contributed by atoms with van der Waals surface area (Å²) in [6, 6.07) is 5.81. The minimum atomic E-state index is -0.0319. The topological polar surface area (TPSA) is 23.6 Å². The molecule has 0 radical (unpaired) electrons. The number of carbonyl (C=O) groups is 1. The van der Waals surface area contributed by atoms with E-state index < -0.39 is 0 Å². The normalized spacial score (nSPS) is 21.4. The third-order valence-electron chi connectivity index (χ3n) is 5.22. The van der Waals surface area contributed by atoms with Gasteiger partial charge in [0.05, 0.1) is 0 Å². The second-order valence-electron chi connectivity index (χ2n) is 6.98. The first kappa shape index (κ1) is 16.6. The molecule has 0 atom stereocenters. The third kappa shape index (κ3) is 4.39. The van der Waals surface area contributed by atoms with Gasteiger partial charge in [-0.1, -0.05) is 24.6 Å². The fraction of sp³-hybridized carbons (Fsp3) is 0.632. The minimum Gasteiger partial charge on any atom is -0.303 e. The molecule has 2 aliphatic rings. The Labute approximate surface area is 138 Å². The Kier molecular flexibility index (Phi) is 5.79. The molecule has 2 saturated heterocycles. The van der Waals surface area contributed by atoms with Crippen LogP contribution in [0.2, 0.25) is 0 Å². The predicted octanol–water partition coefficient (Wildman–Crippen LogP) is 3.22. The maximum atomic E-state index is 14.8. The standard InChI is InChI=1S/C19H27FN2O/c20-19-17(13-21-9-2-1-3-10-21)5-4-6-18(19)14-22-11-7-16(15-23)8-12-22/h4-6,15-16H,1-3,7-14H2. The van der Waals surface area contributed by atoms with E-state index in [2.05, 4.69) is 9.80 Å². The molecule has 2 heterocycles. The molecule has 2 aliphatic heterocycles. The zero-order valence-corrected chi connectivity index (χ0v) is 13.8. The van der Waals surface area contributed by atoms with E-state index in [0.29, 0.717) is 6.54 Å². The first-order valence-corrected chi connectivity index (χ1v) is 8.92. The molecular weight excluding hydrogens is 291 g/mol. The molecule has 3 rings (SSSR count). The van der Waals surface area contributed by atoms with E-state index in [4.69, 9.17) is 0 Å². The number of carbonyl (C=O) groups excluding carboxylic acids is 1. The van der Waals surface area contributed by atoms with Gasteiger partial charge in [-0.2, -0.15) is 0 Å². The van der Waals surface area contributed by atoms with Crippen LogP contribution in [0.3, 0.4) is 0 Å². The van der Waals surface area contributed by atoms with E-state index in [9.17, 15) is 9.18 Å². The Morgan fingerprint density at radius 3 is 2.09 bits per heavy atom. The zero-order valence-electron chi connectivity index (χ0n) is 13.8. The lowest BCUT2D eigenvalue weighted by atomic mass is 9.98. The van der Waals surface area contributed by atoms with Gasteiger partial charge in [-0.25, -0.2) is 4.39 Å². The van der Waals surface area contributed by atoms with Gasteiger partial charge in [-0.05, 0) is 51.9 Å². The first-order chi connectivity index (χ1) is 11.3. The van der Waals surface area contributed by atoms with Crippen molar-refractivity contribution in [2.24, 2.45) is 5.92 Å². The highest BCUT2D eigenvalue weighted by Gasteiger charge is 2.20. The van der Waals surface area contributed by atoms with Crippen molar-refractivity contribution in [3.05, 3.63) is 35.1 Å². The molecule has 0 bridgehead atoms. The van der Waals surface area contributed by atoms with Gasteiger partial charge in [0.2, 0.25) is 0 Å². The summed E-state index contributed by atoms with van der Waals surface area (Å²) < 4.78 is 14.8. The lowest BCUT2D eigenvalue weighted by molar-refractivity contribution is -0.112. The highest BCUT2D eigenvalue weighted by molar-refractivity contribution is 5.53. The third-order valence-corrected chi connectivity index (χ3v) is 5.22. The van der Waals surface area contributed by atoms with Crippen molar-refractivity contribution < 1.29 is 9.18 Å². The van der Waals surface area contributed by atoms with Crippen LogP contribution >= 0.6 is 0 Å². The molecule has 0 N–H and O–H groups in total. The van der Waals surface area contributed by atoms with Gasteiger partial charge in [0.1, 0.15) is 12.1 Å². The Morgan fingerprint density at radius 1 is 0.957 bits per heavy atom. The van der Waals surface area contributed by atoms with Crippen molar-refractivity contribution in [3.8, 4) is 0 Å². The fourth-order valence-electron chi connectivity index (χ4n) is 3.72. The van der Waals surface area contributed by atoms with Crippen molar-refractivity contribution in [2.45, 2.75) is 45.2 Å². The van der Waals surface area contributed by atoms with E-state index in [1.165, 1.54) is 19.3 Å². The van der Waals surface area contributed by atoms with Crippen LogP contribution in [0.4, 0.5) is 4.39 Å². The molecule has 3 nitrogen and oxygen atoms in total. The number of aldehydes is 1. The molecule has 4 heteroatoms. The molecule has 0 saturated carbocycles. The monoisotopic (exact) mass is 318 g/mol. The van der Waals surface area contributed by atoms with Crippen LogP contribution in [0.25, 0.3) is 0 Å². The summed E-state index contributed by atoms with van der Waals surface area (Å²) in [6.45, 7) is 5.34. The van der Waals surface area contributed by atoms with Crippen molar-refractivity contribution in [1.82, 2.24) is 9.80 Å². The summed E-state index contributed by atoms with van der Waals surface area (Å²) in [4.78, 5) is 15.5. The first-order valence-electron chi connectivity index (χ1n) is 8.92. The molecule has 0 spiro atoms. The lowest BCUT2D eigenvalue weighted by Gasteiger charge is -2.30. The number of hydrogen-bond donors (Lipinski definition) is 0. The molecule has 126 valence electrons. The lowest BCUT2D eigenvalue weighted by Crippen LogP contribution is -2.34. The average molecular weight is 318 g/mol. The van der Waals surface area contributed by atoms with Crippen LogP contribution in [0.15, 0.2) is 18.2 Å². The largest absolute Gasteiger partial charge is 0.303 e. The van der Waals surface area contributed by atoms with Gasteiger partial charge >= 0.3 is 0 Å². The highest BCUT2D eigenvalue weighted by atomic mass is 19.1. The van der Waals surface area contributed by atoms with E-state index in [0.717, 1.165) is 63.0 Å². The summed E-state index contributed by atoms with van der Waals surface area (Å²) in [5.74, 6) is 0.164. The van der Waals surface area contributed by atoms with Crippen molar-refractivity contribution in [3.63, 3.8) is 0 Å². The quantitative estimate of drug-likeness (QED) is 0.779. The van der Waals surface area contributed by atoms with Gasteiger partial charge < -0.3 is 4.79 Å². The minimum absolute atomic E-state index is 0.0319. The van der Waals surface area contributed by atoms with E-state index in [-0.39, 0.29) is 11.7 Å². The van der Waals surface area contributed by atoms with Crippen molar-refractivity contribution >= 4 is 6.29 Å². The number of hydrogen-bond acceptors (Lipinski definition) is 3. The molecule has 23 heavy (non-hydrogen) atoms. The van der Waals surface area contributed by atoms with Crippen LogP contribution in [-0.4, -0.2) is 42.3 Å².